The average Bonchev–Trinajstić information content (AvgIpc) is 3.14. The first kappa shape index (κ1) is 18.7. The molecule has 1 aliphatic heterocycles. The molecular weight excluding hydrogens is 348 g/mol. The van der Waals surface area contributed by atoms with Gasteiger partial charge in [0.25, 0.3) is 0 Å². The molecular formula is C20H26N2O3S. The van der Waals surface area contributed by atoms with E-state index in [-0.39, 0.29) is 5.91 Å². The first-order valence-corrected chi connectivity index (χ1v) is 9.82. The van der Waals surface area contributed by atoms with Gasteiger partial charge in [0, 0.05) is 24.0 Å². The molecule has 0 saturated carbocycles. The molecule has 1 amide bonds. The second kappa shape index (κ2) is 8.56. The van der Waals surface area contributed by atoms with Crippen molar-refractivity contribution in [3.05, 3.63) is 45.6 Å². The van der Waals surface area contributed by atoms with E-state index in [1.165, 1.54) is 10.4 Å². The number of nitrogens with one attached hydrogen (secondary N) is 1. The lowest BCUT2D eigenvalue weighted by molar-refractivity contribution is -0.123. The number of ether oxygens (including phenoxy) is 2. The van der Waals surface area contributed by atoms with Crippen LogP contribution in [0.2, 0.25) is 0 Å². The number of benzene rings is 1. The zero-order chi connectivity index (χ0) is 18.5. The predicted octanol–water partition coefficient (Wildman–Crippen LogP) is 3.39. The summed E-state index contributed by atoms with van der Waals surface area (Å²) in [6.45, 7) is 4.04. The second-order valence-electron chi connectivity index (χ2n) is 6.41. The molecule has 140 valence electrons. The topological polar surface area (TPSA) is 50.8 Å². The molecule has 0 spiro atoms. The van der Waals surface area contributed by atoms with Gasteiger partial charge in [-0.05, 0) is 47.5 Å². The first-order chi connectivity index (χ1) is 12.7. The quantitative estimate of drug-likeness (QED) is 0.807. The fourth-order valence-corrected chi connectivity index (χ4v) is 4.48. The molecule has 1 aliphatic rings. The van der Waals surface area contributed by atoms with Crippen LogP contribution in [0.15, 0.2) is 29.6 Å². The van der Waals surface area contributed by atoms with Crippen molar-refractivity contribution in [2.45, 2.75) is 32.4 Å². The van der Waals surface area contributed by atoms with E-state index in [0.29, 0.717) is 30.6 Å². The van der Waals surface area contributed by atoms with E-state index in [4.69, 9.17) is 9.47 Å². The predicted molar refractivity (Wildman–Crippen MR) is 104 cm³/mol. The Bertz CT molecular complexity index is 759. The third-order valence-corrected chi connectivity index (χ3v) is 5.87. The van der Waals surface area contributed by atoms with Gasteiger partial charge in [-0.3, -0.25) is 9.69 Å². The highest BCUT2D eigenvalue weighted by Crippen LogP contribution is 2.34. The molecule has 0 saturated heterocycles. The molecule has 5 nitrogen and oxygen atoms in total. The van der Waals surface area contributed by atoms with Crippen molar-refractivity contribution < 1.29 is 14.3 Å². The van der Waals surface area contributed by atoms with Crippen molar-refractivity contribution in [3.63, 3.8) is 0 Å². The van der Waals surface area contributed by atoms with E-state index in [1.807, 2.05) is 29.5 Å². The maximum Gasteiger partial charge on any atom is 0.234 e. The maximum absolute atomic E-state index is 12.5. The van der Waals surface area contributed by atoms with Crippen molar-refractivity contribution in [2.24, 2.45) is 0 Å². The van der Waals surface area contributed by atoms with Gasteiger partial charge in [-0.25, -0.2) is 0 Å². The molecule has 0 bridgehead atoms. The summed E-state index contributed by atoms with van der Waals surface area (Å²) < 4.78 is 10.6. The molecule has 1 atom stereocenters. The zero-order valence-electron chi connectivity index (χ0n) is 15.6. The minimum atomic E-state index is 0.0527. The van der Waals surface area contributed by atoms with E-state index in [2.05, 4.69) is 28.6 Å². The summed E-state index contributed by atoms with van der Waals surface area (Å²) in [4.78, 5) is 16.2. The van der Waals surface area contributed by atoms with Crippen LogP contribution in [0, 0.1) is 0 Å². The summed E-state index contributed by atoms with van der Waals surface area (Å²) in [6, 6.07) is 8.25. The molecule has 1 aromatic carbocycles. The van der Waals surface area contributed by atoms with Crippen LogP contribution >= 0.6 is 11.3 Å². The Kier molecular flexibility index (Phi) is 6.16. The van der Waals surface area contributed by atoms with Crippen LogP contribution in [0.4, 0.5) is 0 Å². The lowest BCUT2D eigenvalue weighted by atomic mass is 9.98. The number of methoxy groups -OCH3 is 2. The summed E-state index contributed by atoms with van der Waals surface area (Å²) in [7, 11) is 3.22. The Balaban J connectivity index is 1.58. The number of hydrogen-bond acceptors (Lipinski definition) is 5. The van der Waals surface area contributed by atoms with Gasteiger partial charge in [-0.15, -0.1) is 11.3 Å². The van der Waals surface area contributed by atoms with Crippen LogP contribution in [-0.2, 0) is 17.8 Å². The summed E-state index contributed by atoms with van der Waals surface area (Å²) in [5.74, 6) is 1.41. The van der Waals surface area contributed by atoms with Gasteiger partial charge >= 0.3 is 0 Å². The number of thiophene rings is 1. The summed E-state index contributed by atoms with van der Waals surface area (Å²) >= 11 is 1.83. The molecule has 1 aromatic heterocycles. The van der Waals surface area contributed by atoms with E-state index >= 15 is 0 Å². The maximum atomic E-state index is 12.5. The highest BCUT2D eigenvalue weighted by Gasteiger charge is 2.28. The van der Waals surface area contributed by atoms with Gasteiger partial charge in [-0.1, -0.05) is 13.0 Å². The number of carbonyl (C=O) groups excluding carboxylic acids is 1. The third-order valence-electron chi connectivity index (χ3n) is 4.88. The van der Waals surface area contributed by atoms with Gasteiger partial charge in [0.2, 0.25) is 5.91 Å². The number of hydrogen-bond donors (Lipinski definition) is 1. The molecule has 0 fully saturated rings. The highest BCUT2D eigenvalue weighted by atomic mass is 32.1. The fourth-order valence-electron chi connectivity index (χ4n) is 3.55. The van der Waals surface area contributed by atoms with Crippen LogP contribution in [-0.4, -0.2) is 38.1 Å². The van der Waals surface area contributed by atoms with Gasteiger partial charge < -0.3 is 14.8 Å². The summed E-state index contributed by atoms with van der Waals surface area (Å²) in [6.07, 6.45) is 2.05. The van der Waals surface area contributed by atoms with Crippen molar-refractivity contribution >= 4 is 17.2 Å². The number of carbonyl (C=O) groups is 1. The van der Waals surface area contributed by atoms with Crippen LogP contribution in [0.25, 0.3) is 0 Å². The minimum Gasteiger partial charge on any atom is -0.493 e. The molecule has 2 heterocycles. The van der Waals surface area contributed by atoms with Crippen LogP contribution in [0.1, 0.15) is 35.4 Å². The molecule has 26 heavy (non-hydrogen) atoms. The molecule has 1 N–H and O–H groups in total. The number of nitrogens with zero attached hydrogens (tertiary/aromatic N) is 1. The Morgan fingerprint density at radius 1 is 1.27 bits per heavy atom. The Hall–Kier alpha value is -2.05. The zero-order valence-corrected chi connectivity index (χ0v) is 16.4. The van der Waals surface area contributed by atoms with Crippen molar-refractivity contribution in [1.82, 2.24) is 10.2 Å². The number of rotatable bonds is 7. The summed E-state index contributed by atoms with van der Waals surface area (Å²) in [5, 5.41) is 5.18. The van der Waals surface area contributed by atoms with Gasteiger partial charge in [0.1, 0.15) is 0 Å². The first-order valence-electron chi connectivity index (χ1n) is 8.94. The average molecular weight is 375 g/mol. The Morgan fingerprint density at radius 3 is 2.81 bits per heavy atom. The number of fused-ring (bicyclic) bond motifs is 1. The van der Waals surface area contributed by atoms with Crippen LogP contribution < -0.4 is 14.8 Å². The largest absolute Gasteiger partial charge is 0.493 e. The molecule has 0 aliphatic carbocycles. The molecule has 3 rings (SSSR count). The van der Waals surface area contributed by atoms with Crippen molar-refractivity contribution in [3.8, 4) is 11.5 Å². The van der Waals surface area contributed by atoms with E-state index in [1.54, 1.807) is 14.2 Å². The van der Waals surface area contributed by atoms with Crippen LogP contribution in [0.5, 0.6) is 11.5 Å². The van der Waals surface area contributed by atoms with E-state index in [0.717, 1.165) is 24.9 Å². The van der Waals surface area contributed by atoms with Crippen molar-refractivity contribution in [2.75, 3.05) is 27.3 Å². The molecule has 6 heteroatoms. The molecule has 1 unspecified atom stereocenters. The SMILES string of the molecule is CCC1c2ccsc2CCN1CC(=O)NCc1ccc(OC)c(OC)c1. The van der Waals surface area contributed by atoms with Crippen molar-refractivity contribution in [1.29, 1.82) is 0 Å². The lowest BCUT2D eigenvalue weighted by Gasteiger charge is -2.34. The van der Waals surface area contributed by atoms with Gasteiger partial charge in [0.15, 0.2) is 11.5 Å². The fraction of sp³-hybridized carbons (Fsp3) is 0.450. The standard InChI is InChI=1S/C20H26N2O3S/c1-4-16-15-8-10-26-19(15)7-9-22(16)13-20(23)21-12-14-5-6-17(24-2)18(11-14)25-3/h5-6,8,10-11,16H,4,7,9,12-13H2,1-3H3,(H,21,23). The van der Waals surface area contributed by atoms with E-state index in [9.17, 15) is 4.79 Å². The summed E-state index contributed by atoms with van der Waals surface area (Å²) in [5.41, 5.74) is 2.39. The third kappa shape index (κ3) is 4.02. The highest BCUT2D eigenvalue weighted by molar-refractivity contribution is 7.10. The molecule has 0 radical (unpaired) electrons. The van der Waals surface area contributed by atoms with Crippen LogP contribution in [0.3, 0.4) is 0 Å². The van der Waals surface area contributed by atoms with Gasteiger partial charge in [-0.2, -0.15) is 0 Å². The normalized spacial score (nSPS) is 16.8. The second-order valence-corrected chi connectivity index (χ2v) is 7.41. The Labute approximate surface area is 158 Å². The van der Waals surface area contributed by atoms with Gasteiger partial charge in [0.05, 0.1) is 20.8 Å². The Morgan fingerprint density at radius 2 is 2.08 bits per heavy atom. The minimum absolute atomic E-state index is 0.0527. The van der Waals surface area contributed by atoms with E-state index < -0.39 is 0 Å². The smallest absolute Gasteiger partial charge is 0.234 e. The number of amides is 1. The monoisotopic (exact) mass is 374 g/mol. The lowest BCUT2D eigenvalue weighted by Crippen LogP contribution is -2.42. The molecule has 2 aromatic rings.